The predicted octanol–water partition coefficient (Wildman–Crippen LogP) is 3.87. The molecule has 6 nitrogen and oxygen atoms in total. The Morgan fingerprint density at radius 3 is 2.69 bits per heavy atom. The number of esters is 1. The van der Waals surface area contributed by atoms with Crippen LogP contribution < -0.4 is 5.32 Å². The van der Waals surface area contributed by atoms with Crippen molar-refractivity contribution in [2.24, 2.45) is 7.05 Å². The number of ketones is 1. The lowest BCUT2D eigenvalue weighted by Crippen LogP contribution is -2.35. The number of nitrogens with one attached hydrogen (secondary N) is 1. The van der Waals surface area contributed by atoms with Gasteiger partial charge in [0, 0.05) is 25.1 Å². The fraction of sp³-hybridized carbons (Fsp3) is 0.227. The van der Waals surface area contributed by atoms with Crippen molar-refractivity contribution in [2.45, 2.75) is 18.9 Å². The van der Waals surface area contributed by atoms with E-state index >= 15 is 0 Å². The van der Waals surface area contributed by atoms with Crippen LogP contribution in [0.5, 0.6) is 0 Å². The molecule has 2 atom stereocenters. The lowest BCUT2D eigenvalue weighted by Gasteiger charge is -2.34. The van der Waals surface area contributed by atoms with E-state index in [1.54, 1.807) is 23.9 Å². The van der Waals surface area contributed by atoms with Gasteiger partial charge in [0.25, 0.3) is 0 Å². The fourth-order valence-corrected chi connectivity index (χ4v) is 3.79. The Balaban J connectivity index is 1.92. The number of rotatable bonds is 4. The molecule has 1 aliphatic rings. The molecule has 0 saturated heterocycles. The molecule has 0 aliphatic carbocycles. The minimum absolute atomic E-state index is 0.0786. The fourth-order valence-electron chi connectivity index (χ4n) is 3.79. The van der Waals surface area contributed by atoms with Crippen LogP contribution in [0, 0.1) is 5.82 Å². The molecule has 0 amide bonds. The van der Waals surface area contributed by atoms with E-state index in [0.29, 0.717) is 5.82 Å². The highest BCUT2D eigenvalue weighted by atomic mass is 19.1. The van der Waals surface area contributed by atoms with Gasteiger partial charge in [-0.05, 0) is 24.6 Å². The molecular formula is C22H20FN3O3. The topological polar surface area (TPSA) is 73.2 Å². The monoisotopic (exact) mass is 393 g/mol. The number of hydrogen-bond donors (Lipinski definition) is 1. The molecule has 0 radical (unpaired) electrons. The molecule has 2 heterocycles. The van der Waals surface area contributed by atoms with Gasteiger partial charge in [-0.25, -0.2) is 14.2 Å². The van der Waals surface area contributed by atoms with E-state index < -0.39 is 23.7 Å². The number of halogens is 1. The number of carbonyl (C=O) groups is 2. The van der Waals surface area contributed by atoms with Gasteiger partial charge in [-0.2, -0.15) is 0 Å². The zero-order valence-corrected chi connectivity index (χ0v) is 16.1. The number of hydrogen-bond acceptors (Lipinski definition) is 5. The smallest absolute Gasteiger partial charge is 0.339 e. The zero-order valence-electron chi connectivity index (χ0n) is 16.1. The lowest BCUT2D eigenvalue weighted by atomic mass is 9.80. The third kappa shape index (κ3) is 3.29. The Hall–Kier alpha value is -3.48. The number of aromatic nitrogens is 2. The first-order valence-electron chi connectivity index (χ1n) is 9.34. The van der Waals surface area contributed by atoms with Crippen molar-refractivity contribution in [1.29, 1.82) is 0 Å². The average molecular weight is 393 g/mol. The molecule has 1 aliphatic heterocycles. The van der Waals surface area contributed by atoms with Crippen molar-refractivity contribution in [1.82, 2.24) is 9.55 Å². The molecule has 4 rings (SSSR count). The molecule has 1 N–H and O–H groups in total. The van der Waals surface area contributed by atoms with E-state index in [1.165, 1.54) is 6.07 Å². The molecular weight excluding hydrogens is 373 g/mol. The molecule has 3 aromatic rings. The van der Waals surface area contributed by atoms with Gasteiger partial charge >= 0.3 is 5.97 Å². The summed E-state index contributed by atoms with van der Waals surface area (Å²) in [6, 6.07) is 11.3. The first kappa shape index (κ1) is 18.9. The maximum Gasteiger partial charge on any atom is 0.339 e. The summed E-state index contributed by atoms with van der Waals surface area (Å²) in [6.45, 7) is 1.78. The summed E-state index contributed by atoms with van der Waals surface area (Å²) in [5, 5.41) is 3.27. The van der Waals surface area contributed by atoms with Crippen LogP contribution in [0.1, 0.15) is 51.0 Å². The van der Waals surface area contributed by atoms with Gasteiger partial charge in [0.15, 0.2) is 5.78 Å². The van der Waals surface area contributed by atoms with Gasteiger partial charge in [0.05, 0.1) is 23.8 Å². The van der Waals surface area contributed by atoms with Gasteiger partial charge in [-0.3, -0.25) is 4.79 Å². The average Bonchev–Trinajstić information content (AvgIpc) is 3.13. The van der Waals surface area contributed by atoms with Crippen LogP contribution in [-0.4, -0.2) is 27.9 Å². The Bertz CT molecular complexity index is 1080. The minimum atomic E-state index is -0.727. The highest BCUT2D eigenvalue weighted by Crippen LogP contribution is 2.43. The number of imidazole rings is 1. The van der Waals surface area contributed by atoms with Gasteiger partial charge in [-0.1, -0.05) is 30.3 Å². The SMILES string of the molecule is CCOC(=O)c1cc(F)cc2c1C(=O)C(c1nccn1C)C(c1ccccc1)N2. The molecule has 0 bridgehead atoms. The van der Waals surface area contributed by atoms with Gasteiger partial charge in [0.1, 0.15) is 17.6 Å². The number of ether oxygens (including phenoxy) is 1. The standard InChI is InChI=1S/C22H20FN3O3/c1-3-29-22(28)15-11-14(23)12-16-17(15)20(27)18(21-24-9-10-26(21)2)19(25-16)13-7-5-4-6-8-13/h4-12,18-19,25H,3H2,1-2H3. The van der Waals surface area contributed by atoms with Gasteiger partial charge in [0.2, 0.25) is 0 Å². The van der Waals surface area contributed by atoms with Crippen LogP contribution >= 0.6 is 0 Å². The van der Waals surface area contributed by atoms with Crippen LogP contribution in [-0.2, 0) is 11.8 Å². The van der Waals surface area contributed by atoms with E-state index in [-0.39, 0.29) is 29.2 Å². The highest BCUT2D eigenvalue weighted by Gasteiger charge is 2.42. The summed E-state index contributed by atoms with van der Waals surface area (Å²) >= 11 is 0. The molecule has 1 aromatic heterocycles. The second kappa shape index (κ2) is 7.50. The zero-order chi connectivity index (χ0) is 20.5. The third-order valence-corrected chi connectivity index (χ3v) is 5.07. The normalized spacial score (nSPS) is 18.1. The second-order valence-electron chi connectivity index (χ2n) is 6.87. The van der Waals surface area contributed by atoms with Gasteiger partial charge in [-0.15, -0.1) is 0 Å². The van der Waals surface area contributed by atoms with Crippen LogP contribution in [0.3, 0.4) is 0 Å². The largest absolute Gasteiger partial charge is 0.462 e. The second-order valence-corrected chi connectivity index (χ2v) is 6.87. The van der Waals surface area contributed by atoms with Crippen molar-refractivity contribution in [3.8, 4) is 0 Å². The summed E-state index contributed by atoms with van der Waals surface area (Å²) in [5.41, 5.74) is 1.19. The van der Waals surface area contributed by atoms with Crippen molar-refractivity contribution in [3.05, 3.63) is 83.2 Å². The van der Waals surface area contributed by atoms with Crippen LogP contribution in [0.4, 0.5) is 10.1 Å². The summed E-state index contributed by atoms with van der Waals surface area (Å²) in [5.74, 6) is -1.78. The Kier molecular flexibility index (Phi) is 4.88. The third-order valence-electron chi connectivity index (χ3n) is 5.07. The van der Waals surface area contributed by atoms with E-state index in [1.807, 2.05) is 37.4 Å². The number of benzene rings is 2. The first-order valence-corrected chi connectivity index (χ1v) is 9.34. The van der Waals surface area contributed by atoms with Crippen molar-refractivity contribution in [3.63, 3.8) is 0 Å². The maximum atomic E-state index is 14.3. The summed E-state index contributed by atoms with van der Waals surface area (Å²) in [7, 11) is 1.81. The summed E-state index contributed by atoms with van der Waals surface area (Å²) in [6.07, 6.45) is 3.38. The molecule has 0 saturated carbocycles. The number of fused-ring (bicyclic) bond motifs is 1. The number of nitrogens with zero attached hydrogens (tertiary/aromatic N) is 2. The molecule has 0 spiro atoms. The number of Topliss-reactive ketones (excluding diaryl/α,β-unsaturated/α-hetero) is 1. The van der Waals surface area contributed by atoms with E-state index in [0.717, 1.165) is 11.6 Å². The maximum absolute atomic E-state index is 14.3. The van der Waals surface area contributed by atoms with E-state index in [9.17, 15) is 14.0 Å². The molecule has 2 aromatic carbocycles. The van der Waals surface area contributed by atoms with Crippen LogP contribution in [0.2, 0.25) is 0 Å². The lowest BCUT2D eigenvalue weighted by molar-refractivity contribution is 0.0521. The van der Waals surface area contributed by atoms with Crippen LogP contribution in [0.25, 0.3) is 0 Å². The Morgan fingerprint density at radius 2 is 2.03 bits per heavy atom. The molecule has 0 fully saturated rings. The van der Waals surface area contributed by atoms with Crippen molar-refractivity contribution >= 4 is 17.4 Å². The van der Waals surface area contributed by atoms with E-state index in [4.69, 9.17) is 4.74 Å². The van der Waals surface area contributed by atoms with E-state index in [2.05, 4.69) is 10.3 Å². The van der Waals surface area contributed by atoms with Crippen molar-refractivity contribution in [2.75, 3.05) is 11.9 Å². The minimum Gasteiger partial charge on any atom is -0.462 e. The molecule has 29 heavy (non-hydrogen) atoms. The van der Waals surface area contributed by atoms with Crippen LogP contribution in [0.15, 0.2) is 54.9 Å². The van der Waals surface area contributed by atoms with Crippen molar-refractivity contribution < 1.29 is 18.7 Å². The predicted molar refractivity (Wildman–Crippen MR) is 105 cm³/mol. The Morgan fingerprint density at radius 1 is 1.28 bits per heavy atom. The summed E-state index contributed by atoms with van der Waals surface area (Å²) < 4.78 is 21.1. The molecule has 148 valence electrons. The first-order chi connectivity index (χ1) is 14.0. The Labute approximate surface area is 167 Å². The van der Waals surface area contributed by atoms with Gasteiger partial charge < -0.3 is 14.6 Å². The molecule has 2 unspecified atom stereocenters. The number of carbonyl (C=O) groups excluding carboxylic acids is 2. The number of anilines is 1. The summed E-state index contributed by atoms with van der Waals surface area (Å²) in [4.78, 5) is 30.5. The number of aryl methyl sites for hydroxylation is 1. The highest BCUT2D eigenvalue weighted by molar-refractivity contribution is 6.14. The quantitative estimate of drug-likeness (QED) is 0.681. The molecule has 7 heteroatoms.